The molecule has 7 nitrogen and oxygen atoms in total. The lowest BCUT2D eigenvalue weighted by Crippen LogP contribution is -2.48. The average molecular weight is 479 g/mol. The molecule has 2 aliphatic rings. The molecule has 0 heterocycles. The third-order valence-corrected chi connectivity index (χ3v) is 7.26. The van der Waals surface area contributed by atoms with Crippen molar-refractivity contribution in [1.82, 2.24) is 10.6 Å². The van der Waals surface area contributed by atoms with Gasteiger partial charge in [0.2, 0.25) is 5.91 Å². The smallest absolute Gasteiger partial charge is 0.407 e. The van der Waals surface area contributed by atoms with Gasteiger partial charge in [0.1, 0.15) is 6.61 Å². The lowest BCUT2D eigenvalue weighted by atomic mass is 9.84. The van der Waals surface area contributed by atoms with Gasteiger partial charge in [-0.2, -0.15) is 0 Å². The van der Waals surface area contributed by atoms with Crippen LogP contribution in [0.25, 0.3) is 11.1 Å². The number of hydrogen-bond donors (Lipinski definition) is 3. The zero-order valence-corrected chi connectivity index (χ0v) is 20.2. The van der Waals surface area contributed by atoms with Gasteiger partial charge in [-0.25, -0.2) is 4.79 Å². The second-order valence-electron chi connectivity index (χ2n) is 9.54. The van der Waals surface area contributed by atoms with Crippen LogP contribution in [0.5, 0.6) is 0 Å². The van der Waals surface area contributed by atoms with E-state index in [1.54, 1.807) is 0 Å². The van der Waals surface area contributed by atoms with E-state index in [9.17, 15) is 19.5 Å². The standard InChI is InChI=1S/C28H34N2O5/c1-2-9-18(26(31)30-25-15-8-7-14-23(25)27(32)33)16-29-28(34)35-17-24-21-12-5-3-10-19(21)20-11-4-6-13-22(20)24/h3-6,10-13,18,23-25H,2,7-9,14-17H2,1H3,(H,29,34)(H,30,31)(H,32,33)/t18?,23-,25+/m0/s1. The topological polar surface area (TPSA) is 105 Å². The number of rotatable bonds is 9. The molecule has 2 aliphatic carbocycles. The summed E-state index contributed by atoms with van der Waals surface area (Å²) in [5.74, 6) is -2.08. The van der Waals surface area contributed by atoms with E-state index in [0.29, 0.717) is 19.3 Å². The summed E-state index contributed by atoms with van der Waals surface area (Å²) in [7, 11) is 0. The summed E-state index contributed by atoms with van der Waals surface area (Å²) in [6.45, 7) is 2.35. The first-order chi connectivity index (χ1) is 17.0. The SMILES string of the molecule is CCCC(CNC(=O)OCC1c2ccccc2-c2ccccc21)C(=O)N[C@@H]1CCCC[C@@H]1C(=O)O. The Morgan fingerprint density at radius 2 is 1.63 bits per heavy atom. The molecule has 1 fully saturated rings. The number of carbonyl (C=O) groups excluding carboxylic acids is 2. The van der Waals surface area contributed by atoms with Crippen LogP contribution in [0.4, 0.5) is 4.79 Å². The van der Waals surface area contributed by atoms with Gasteiger partial charge in [0.05, 0.1) is 11.8 Å². The number of amides is 2. The molecule has 3 N–H and O–H groups in total. The molecule has 2 amide bonds. The third-order valence-electron chi connectivity index (χ3n) is 7.26. The number of hydrogen-bond acceptors (Lipinski definition) is 4. The Kier molecular flexibility index (Phi) is 8.06. The van der Waals surface area contributed by atoms with Crippen molar-refractivity contribution in [2.75, 3.05) is 13.2 Å². The maximum atomic E-state index is 12.9. The minimum absolute atomic E-state index is 0.0258. The summed E-state index contributed by atoms with van der Waals surface area (Å²) in [5, 5.41) is 15.2. The lowest BCUT2D eigenvalue weighted by molar-refractivity contribution is -0.144. The van der Waals surface area contributed by atoms with Crippen molar-refractivity contribution in [3.05, 3.63) is 59.7 Å². The highest BCUT2D eigenvalue weighted by molar-refractivity contribution is 5.81. The normalized spacial score (nSPS) is 19.8. The molecule has 3 atom stereocenters. The van der Waals surface area contributed by atoms with Gasteiger partial charge in [-0.1, -0.05) is 74.7 Å². The van der Waals surface area contributed by atoms with Crippen LogP contribution in [0.15, 0.2) is 48.5 Å². The molecule has 1 unspecified atom stereocenters. The second-order valence-corrected chi connectivity index (χ2v) is 9.54. The molecule has 4 rings (SSSR count). The number of aliphatic carboxylic acids is 1. The molecule has 7 heteroatoms. The number of alkyl carbamates (subject to hydrolysis) is 1. The van der Waals surface area contributed by atoms with Gasteiger partial charge in [0.25, 0.3) is 0 Å². The van der Waals surface area contributed by atoms with E-state index in [0.717, 1.165) is 30.4 Å². The van der Waals surface area contributed by atoms with E-state index in [1.807, 2.05) is 31.2 Å². The summed E-state index contributed by atoms with van der Waals surface area (Å²) in [5.41, 5.74) is 4.62. The zero-order chi connectivity index (χ0) is 24.8. The number of carboxylic acid groups (broad SMARTS) is 1. The van der Waals surface area contributed by atoms with Crippen molar-refractivity contribution in [3.8, 4) is 11.1 Å². The predicted molar refractivity (Wildman–Crippen MR) is 133 cm³/mol. The van der Waals surface area contributed by atoms with E-state index in [2.05, 4.69) is 34.9 Å². The minimum atomic E-state index is -0.862. The highest BCUT2D eigenvalue weighted by atomic mass is 16.5. The van der Waals surface area contributed by atoms with Crippen LogP contribution in [0.2, 0.25) is 0 Å². The Morgan fingerprint density at radius 3 is 2.26 bits per heavy atom. The van der Waals surface area contributed by atoms with Gasteiger partial charge in [0, 0.05) is 18.5 Å². The maximum absolute atomic E-state index is 12.9. The molecule has 0 radical (unpaired) electrons. The fourth-order valence-electron chi connectivity index (χ4n) is 5.43. The van der Waals surface area contributed by atoms with Crippen LogP contribution in [0.1, 0.15) is 62.5 Å². The van der Waals surface area contributed by atoms with Crippen LogP contribution in [0, 0.1) is 11.8 Å². The van der Waals surface area contributed by atoms with Crippen LogP contribution < -0.4 is 10.6 Å². The third kappa shape index (κ3) is 5.66. The van der Waals surface area contributed by atoms with E-state index in [1.165, 1.54) is 11.1 Å². The number of fused-ring (bicyclic) bond motifs is 3. The van der Waals surface area contributed by atoms with E-state index < -0.39 is 23.9 Å². The van der Waals surface area contributed by atoms with Crippen molar-refractivity contribution in [1.29, 1.82) is 0 Å². The zero-order valence-electron chi connectivity index (χ0n) is 20.2. The van der Waals surface area contributed by atoms with Gasteiger partial charge >= 0.3 is 12.1 Å². The number of carboxylic acids is 1. The van der Waals surface area contributed by atoms with Crippen LogP contribution in [0.3, 0.4) is 0 Å². The van der Waals surface area contributed by atoms with Crippen molar-refractivity contribution >= 4 is 18.0 Å². The van der Waals surface area contributed by atoms with Crippen LogP contribution in [-0.4, -0.2) is 42.3 Å². The van der Waals surface area contributed by atoms with Gasteiger partial charge in [-0.3, -0.25) is 9.59 Å². The van der Waals surface area contributed by atoms with Crippen LogP contribution in [-0.2, 0) is 14.3 Å². The number of nitrogens with one attached hydrogen (secondary N) is 2. The highest BCUT2D eigenvalue weighted by Gasteiger charge is 2.33. The summed E-state index contributed by atoms with van der Waals surface area (Å²) < 4.78 is 5.59. The summed E-state index contributed by atoms with van der Waals surface area (Å²) in [6.07, 6.45) is 3.84. The van der Waals surface area contributed by atoms with Gasteiger partial charge in [-0.15, -0.1) is 0 Å². The molecule has 1 saturated carbocycles. The molecule has 186 valence electrons. The molecular weight excluding hydrogens is 444 g/mol. The first kappa shape index (κ1) is 24.8. The van der Waals surface area contributed by atoms with Crippen molar-refractivity contribution in [3.63, 3.8) is 0 Å². The van der Waals surface area contributed by atoms with E-state index in [-0.39, 0.29) is 31.0 Å². The highest BCUT2D eigenvalue weighted by Crippen LogP contribution is 2.44. The second kappa shape index (κ2) is 11.4. The lowest BCUT2D eigenvalue weighted by Gasteiger charge is -2.30. The molecule has 0 spiro atoms. The first-order valence-electron chi connectivity index (χ1n) is 12.6. The Bertz CT molecular complexity index is 1020. The van der Waals surface area contributed by atoms with Gasteiger partial charge < -0.3 is 20.5 Å². The fraction of sp³-hybridized carbons (Fsp3) is 0.464. The first-order valence-corrected chi connectivity index (χ1v) is 12.6. The van der Waals surface area contributed by atoms with Crippen molar-refractivity contribution < 1.29 is 24.2 Å². The van der Waals surface area contributed by atoms with E-state index in [4.69, 9.17) is 4.74 Å². The summed E-state index contributed by atoms with van der Waals surface area (Å²) in [4.78, 5) is 37.0. The number of benzene rings is 2. The fourth-order valence-corrected chi connectivity index (χ4v) is 5.43. The Balaban J connectivity index is 1.32. The maximum Gasteiger partial charge on any atom is 0.407 e. The van der Waals surface area contributed by atoms with Gasteiger partial charge in [0.15, 0.2) is 0 Å². The molecule has 0 aliphatic heterocycles. The monoisotopic (exact) mass is 478 g/mol. The number of ether oxygens (including phenoxy) is 1. The molecule has 0 bridgehead atoms. The molecule has 2 aromatic rings. The molecule has 0 aromatic heterocycles. The molecule has 0 saturated heterocycles. The molecule has 2 aromatic carbocycles. The Morgan fingerprint density at radius 1 is 1.00 bits per heavy atom. The quantitative estimate of drug-likeness (QED) is 0.485. The van der Waals surface area contributed by atoms with Gasteiger partial charge in [-0.05, 0) is 41.5 Å². The largest absolute Gasteiger partial charge is 0.481 e. The predicted octanol–water partition coefficient (Wildman–Crippen LogP) is 4.70. The van der Waals surface area contributed by atoms with Crippen LogP contribution >= 0.6 is 0 Å². The summed E-state index contributed by atoms with van der Waals surface area (Å²) in [6, 6.07) is 16.0. The number of carbonyl (C=O) groups is 3. The minimum Gasteiger partial charge on any atom is -0.481 e. The Hall–Kier alpha value is -3.35. The summed E-state index contributed by atoms with van der Waals surface area (Å²) >= 11 is 0. The van der Waals surface area contributed by atoms with E-state index >= 15 is 0 Å². The average Bonchev–Trinajstić information content (AvgIpc) is 3.19. The Labute approximate surface area is 206 Å². The molecular formula is C28H34N2O5. The van der Waals surface area contributed by atoms with Crippen molar-refractivity contribution in [2.45, 2.75) is 57.4 Å². The molecule has 35 heavy (non-hydrogen) atoms. The van der Waals surface area contributed by atoms with Crippen molar-refractivity contribution in [2.24, 2.45) is 11.8 Å².